The third-order valence-corrected chi connectivity index (χ3v) is 1.73. The molecule has 0 aliphatic rings. The van der Waals surface area contributed by atoms with E-state index in [1.807, 2.05) is 0 Å². The standard InChI is InChI=1S/C8H16N2O3/c1-5(13-4)7(8(12)9-3)10-6(2)11/h5,7H,1-4H3,(H,9,12)(H,10,11). The molecule has 0 aromatic carbocycles. The molecule has 0 fully saturated rings. The van der Waals surface area contributed by atoms with Crippen molar-refractivity contribution >= 4 is 11.8 Å². The number of carbonyl (C=O) groups is 2. The molecule has 0 aromatic rings. The van der Waals surface area contributed by atoms with Crippen LogP contribution in [0.3, 0.4) is 0 Å². The highest BCUT2D eigenvalue weighted by atomic mass is 16.5. The summed E-state index contributed by atoms with van der Waals surface area (Å²) in [5.41, 5.74) is 0. The van der Waals surface area contributed by atoms with Crippen LogP contribution in [-0.2, 0) is 14.3 Å². The van der Waals surface area contributed by atoms with Gasteiger partial charge in [0.15, 0.2) is 0 Å². The minimum atomic E-state index is -0.632. The van der Waals surface area contributed by atoms with Crippen LogP contribution >= 0.6 is 0 Å². The number of nitrogens with one attached hydrogen (secondary N) is 2. The molecule has 2 unspecified atom stereocenters. The maximum Gasteiger partial charge on any atom is 0.245 e. The van der Waals surface area contributed by atoms with Gasteiger partial charge >= 0.3 is 0 Å². The van der Waals surface area contributed by atoms with Gasteiger partial charge in [-0.1, -0.05) is 0 Å². The van der Waals surface area contributed by atoms with E-state index in [1.165, 1.54) is 21.1 Å². The Kier molecular flexibility index (Phi) is 5.06. The van der Waals surface area contributed by atoms with Gasteiger partial charge in [0.05, 0.1) is 6.10 Å². The Balaban J connectivity index is 4.35. The van der Waals surface area contributed by atoms with E-state index in [0.717, 1.165) is 0 Å². The second-order valence-corrected chi connectivity index (χ2v) is 2.73. The number of methoxy groups -OCH3 is 1. The van der Waals surface area contributed by atoms with Crippen molar-refractivity contribution in [3.05, 3.63) is 0 Å². The molecular formula is C8H16N2O3. The fraction of sp³-hybridized carbons (Fsp3) is 0.750. The van der Waals surface area contributed by atoms with E-state index in [4.69, 9.17) is 4.74 Å². The summed E-state index contributed by atoms with van der Waals surface area (Å²) in [4.78, 5) is 22.0. The van der Waals surface area contributed by atoms with Crippen molar-refractivity contribution < 1.29 is 14.3 Å². The summed E-state index contributed by atoms with van der Waals surface area (Å²) in [6, 6.07) is -0.632. The predicted octanol–water partition coefficient (Wildman–Crippen LogP) is -0.728. The highest BCUT2D eigenvalue weighted by Gasteiger charge is 2.24. The van der Waals surface area contributed by atoms with Crippen LogP contribution in [0.25, 0.3) is 0 Å². The average Bonchev–Trinajstić information content (AvgIpc) is 2.11. The number of rotatable bonds is 4. The summed E-state index contributed by atoms with van der Waals surface area (Å²) < 4.78 is 4.96. The molecule has 5 nitrogen and oxygen atoms in total. The van der Waals surface area contributed by atoms with E-state index in [1.54, 1.807) is 6.92 Å². The molecule has 0 saturated carbocycles. The van der Waals surface area contributed by atoms with Crippen molar-refractivity contribution in [2.75, 3.05) is 14.2 Å². The van der Waals surface area contributed by atoms with Gasteiger partial charge in [-0.15, -0.1) is 0 Å². The molecule has 0 aliphatic heterocycles. The van der Waals surface area contributed by atoms with Crippen LogP contribution in [0.5, 0.6) is 0 Å². The van der Waals surface area contributed by atoms with Gasteiger partial charge in [-0.25, -0.2) is 0 Å². The van der Waals surface area contributed by atoms with Crippen LogP contribution in [0.4, 0.5) is 0 Å². The molecule has 0 radical (unpaired) electrons. The fourth-order valence-electron chi connectivity index (χ4n) is 0.907. The number of carbonyl (C=O) groups excluding carboxylic acids is 2. The van der Waals surface area contributed by atoms with E-state index in [9.17, 15) is 9.59 Å². The highest BCUT2D eigenvalue weighted by Crippen LogP contribution is 1.97. The molecule has 13 heavy (non-hydrogen) atoms. The summed E-state index contributed by atoms with van der Waals surface area (Å²) in [6.45, 7) is 3.08. The first kappa shape index (κ1) is 11.9. The van der Waals surface area contributed by atoms with Crippen molar-refractivity contribution in [3.63, 3.8) is 0 Å². The molecular weight excluding hydrogens is 172 g/mol. The van der Waals surface area contributed by atoms with Crippen molar-refractivity contribution in [1.82, 2.24) is 10.6 Å². The summed E-state index contributed by atoms with van der Waals surface area (Å²) in [5, 5.41) is 4.96. The van der Waals surface area contributed by atoms with Crippen LogP contribution in [-0.4, -0.2) is 38.1 Å². The number of hydrogen-bond donors (Lipinski definition) is 2. The van der Waals surface area contributed by atoms with Gasteiger partial charge in [-0.05, 0) is 6.92 Å². The smallest absolute Gasteiger partial charge is 0.245 e. The Morgan fingerprint density at radius 3 is 2.23 bits per heavy atom. The zero-order valence-electron chi connectivity index (χ0n) is 8.38. The van der Waals surface area contributed by atoms with Crippen LogP contribution in [0, 0.1) is 0 Å². The molecule has 0 spiro atoms. The molecule has 0 bridgehead atoms. The maximum atomic E-state index is 11.2. The molecule has 0 heterocycles. The molecule has 0 rings (SSSR count). The van der Waals surface area contributed by atoms with Crippen LogP contribution < -0.4 is 10.6 Å². The second kappa shape index (κ2) is 5.53. The van der Waals surface area contributed by atoms with Crippen molar-refractivity contribution in [2.45, 2.75) is 26.0 Å². The third-order valence-electron chi connectivity index (χ3n) is 1.73. The summed E-state index contributed by atoms with van der Waals surface area (Å²) >= 11 is 0. The lowest BCUT2D eigenvalue weighted by Gasteiger charge is -2.21. The maximum absolute atomic E-state index is 11.2. The van der Waals surface area contributed by atoms with Gasteiger partial charge in [0.1, 0.15) is 6.04 Å². The summed E-state index contributed by atoms with van der Waals surface area (Å²) in [6.07, 6.45) is -0.344. The van der Waals surface area contributed by atoms with Gasteiger partial charge in [0.2, 0.25) is 11.8 Å². The van der Waals surface area contributed by atoms with E-state index >= 15 is 0 Å². The first-order chi connectivity index (χ1) is 6.02. The second-order valence-electron chi connectivity index (χ2n) is 2.73. The Morgan fingerprint density at radius 2 is 1.92 bits per heavy atom. The van der Waals surface area contributed by atoms with Gasteiger partial charge in [-0.2, -0.15) is 0 Å². The van der Waals surface area contributed by atoms with Crippen molar-refractivity contribution in [2.24, 2.45) is 0 Å². The van der Waals surface area contributed by atoms with E-state index < -0.39 is 6.04 Å². The third kappa shape index (κ3) is 3.89. The monoisotopic (exact) mass is 188 g/mol. The lowest BCUT2D eigenvalue weighted by Crippen LogP contribution is -2.51. The zero-order valence-corrected chi connectivity index (χ0v) is 8.38. The molecule has 0 aromatic heterocycles. The Morgan fingerprint density at radius 1 is 1.38 bits per heavy atom. The van der Waals surface area contributed by atoms with Crippen LogP contribution in [0.1, 0.15) is 13.8 Å². The van der Waals surface area contributed by atoms with Gasteiger partial charge < -0.3 is 15.4 Å². The lowest BCUT2D eigenvalue weighted by atomic mass is 10.1. The number of amides is 2. The Labute approximate surface area is 77.8 Å². The molecule has 0 saturated heterocycles. The largest absolute Gasteiger partial charge is 0.379 e. The number of hydrogen-bond acceptors (Lipinski definition) is 3. The fourth-order valence-corrected chi connectivity index (χ4v) is 0.907. The first-order valence-electron chi connectivity index (χ1n) is 4.04. The number of likely N-dealkylation sites (N-methyl/N-ethyl adjacent to an activating group) is 1. The lowest BCUT2D eigenvalue weighted by molar-refractivity contribution is -0.131. The zero-order chi connectivity index (χ0) is 10.4. The van der Waals surface area contributed by atoms with E-state index in [-0.39, 0.29) is 17.9 Å². The SMILES string of the molecule is CNC(=O)C(NC(C)=O)C(C)OC. The van der Waals surface area contributed by atoms with E-state index in [0.29, 0.717) is 0 Å². The van der Waals surface area contributed by atoms with Gasteiger partial charge in [0, 0.05) is 21.1 Å². The first-order valence-corrected chi connectivity index (χ1v) is 4.04. The number of ether oxygens (including phenoxy) is 1. The molecule has 0 aliphatic carbocycles. The van der Waals surface area contributed by atoms with Crippen LogP contribution in [0.2, 0.25) is 0 Å². The molecule has 76 valence electrons. The Bertz CT molecular complexity index is 194. The normalized spacial score (nSPS) is 14.5. The summed E-state index contributed by atoms with van der Waals surface area (Å²) in [7, 11) is 3.00. The molecule has 2 amide bonds. The van der Waals surface area contributed by atoms with Gasteiger partial charge in [-0.3, -0.25) is 9.59 Å². The highest BCUT2D eigenvalue weighted by molar-refractivity contribution is 5.87. The molecule has 2 N–H and O–H groups in total. The predicted molar refractivity (Wildman–Crippen MR) is 48.1 cm³/mol. The molecule has 5 heteroatoms. The average molecular weight is 188 g/mol. The topological polar surface area (TPSA) is 67.4 Å². The van der Waals surface area contributed by atoms with Gasteiger partial charge in [0.25, 0.3) is 0 Å². The van der Waals surface area contributed by atoms with E-state index in [2.05, 4.69) is 10.6 Å². The minimum Gasteiger partial charge on any atom is -0.379 e. The molecule has 2 atom stereocenters. The minimum absolute atomic E-state index is 0.252. The van der Waals surface area contributed by atoms with Crippen molar-refractivity contribution in [1.29, 1.82) is 0 Å². The van der Waals surface area contributed by atoms with Crippen molar-refractivity contribution in [3.8, 4) is 0 Å². The Hall–Kier alpha value is -1.10. The van der Waals surface area contributed by atoms with Crippen LogP contribution in [0.15, 0.2) is 0 Å². The summed E-state index contributed by atoms with van der Waals surface area (Å²) in [5.74, 6) is -0.512. The quantitative estimate of drug-likeness (QED) is 0.611.